The molecular weight excluding hydrogens is 426 g/mol. The molecule has 0 spiro atoms. The van der Waals surface area contributed by atoms with Crippen LogP contribution in [-0.4, -0.2) is 43.0 Å². The van der Waals surface area contributed by atoms with Crippen molar-refractivity contribution >= 4 is 51.4 Å². The van der Waals surface area contributed by atoms with Crippen LogP contribution in [0, 0.1) is 0 Å². The highest BCUT2D eigenvalue weighted by atomic mass is 32.2. The molecule has 0 radical (unpaired) electrons. The van der Waals surface area contributed by atoms with Crippen molar-refractivity contribution in [1.82, 2.24) is 10.4 Å². The standard InChI is InChI=1S/C20H19N3O5S2/c1-12(24)28-19-15(26-2)8-13(9-16(19)27-3)10-21-23-18(25)11-29-20-22-14-6-4-5-7-17(14)30-20/h4-10H,11H2,1-3H3,(H,23,25)/b21-10+. The van der Waals surface area contributed by atoms with Crippen LogP contribution in [0.3, 0.4) is 0 Å². The topological polar surface area (TPSA) is 99.1 Å². The third kappa shape index (κ3) is 5.49. The van der Waals surface area contributed by atoms with Crippen molar-refractivity contribution in [3.63, 3.8) is 0 Å². The average molecular weight is 446 g/mol. The lowest BCUT2D eigenvalue weighted by Crippen LogP contribution is -2.19. The molecule has 8 nitrogen and oxygen atoms in total. The molecule has 3 aromatic rings. The van der Waals surface area contributed by atoms with Crippen molar-refractivity contribution in [2.24, 2.45) is 5.10 Å². The van der Waals surface area contributed by atoms with Gasteiger partial charge in [0.15, 0.2) is 15.8 Å². The molecule has 0 atom stereocenters. The number of para-hydroxylation sites is 1. The number of hydrazone groups is 1. The van der Waals surface area contributed by atoms with E-state index in [0.29, 0.717) is 17.1 Å². The Hall–Kier alpha value is -3.11. The van der Waals surface area contributed by atoms with Gasteiger partial charge >= 0.3 is 5.97 Å². The van der Waals surface area contributed by atoms with Crippen LogP contribution in [0.25, 0.3) is 10.2 Å². The molecule has 1 aromatic heterocycles. The number of fused-ring (bicyclic) bond motifs is 1. The highest BCUT2D eigenvalue weighted by Gasteiger charge is 2.15. The number of thioether (sulfide) groups is 1. The van der Waals surface area contributed by atoms with Crippen molar-refractivity contribution in [3.8, 4) is 17.2 Å². The largest absolute Gasteiger partial charge is 0.493 e. The Bertz CT molecular complexity index is 1040. The summed E-state index contributed by atoms with van der Waals surface area (Å²) in [5.41, 5.74) is 3.99. The Kier molecular flexibility index (Phi) is 7.26. The fraction of sp³-hybridized carbons (Fsp3) is 0.200. The van der Waals surface area contributed by atoms with Crippen LogP contribution in [0.1, 0.15) is 12.5 Å². The van der Waals surface area contributed by atoms with Crippen molar-refractivity contribution in [2.75, 3.05) is 20.0 Å². The molecular formula is C20H19N3O5S2. The zero-order valence-corrected chi connectivity index (χ0v) is 18.1. The summed E-state index contributed by atoms with van der Waals surface area (Å²) in [6.45, 7) is 1.29. The number of esters is 1. The van der Waals surface area contributed by atoms with Crippen molar-refractivity contribution in [1.29, 1.82) is 0 Å². The quantitative estimate of drug-likeness (QED) is 0.186. The number of carbonyl (C=O) groups excluding carboxylic acids is 2. The number of aromatic nitrogens is 1. The second-order valence-electron chi connectivity index (χ2n) is 5.88. The average Bonchev–Trinajstić information content (AvgIpc) is 3.15. The Labute approximate surface area is 181 Å². The van der Waals surface area contributed by atoms with E-state index in [1.54, 1.807) is 23.5 Å². The van der Waals surface area contributed by atoms with Gasteiger partial charge < -0.3 is 14.2 Å². The molecule has 3 rings (SSSR count). The molecule has 2 aromatic carbocycles. The van der Waals surface area contributed by atoms with Crippen molar-refractivity contribution < 1.29 is 23.8 Å². The van der Waals surface area contributed by atoms with Gasteiger partial charge in [0.25, 0.3) is 5.91 Å². The van der Waals surface area contributed by atoms with Crippen LogP contribution in [0.15, 0.2) is 45.8 Å². The van der Waals surface area contributed by atoms with Crippen LogP contribution in [-0.2, 0) is 9.59 Å². The number of carbonyl (C=O) groups is 2. The maximum absolute atomic E-state index is 12.1. The van der Waals surface area contributed by atoms with E-state index in [9.17, 15) is 9.59 Å². The molecule has 0 saturated carbocycles. The zero-order chi connectivity index (χ0) is 21.5. The van der Waals surface area contributed by atoms with Gasteiger partial charge in [-0.3, -0.25) is 9.59 Å². The van der Waals surface area contributed by atoms with E-state index in [0.717, 1.165) is 14.6 Å². The number of amides is 1. The third-order valence-electron chi connectivity index (χ3n) is 3.73. The Morgan fingerprint density at radius 2 is 1.90 bits per heavy atom. The van der Waals surface area contributed by atoms with Gasteiger partial charge in [0.1, 0.15) is 0 Å². The van der Waals surface area contributed by atoms with Crippen LogP contribution in [0.2, 0.25) is 0 Å². The van der Waals surface area contributed by atoms with Crippen LogP contribution >= 0.6 is 23.1 Å². The summed E-state index contributed by atoms with van der Waals surface area (Å²) < 4.78 is 17.6. The molecule has 0 aliphatic heterocycles. The summed E-state index contributed by atoms with van der Waals surface area (Å²) in [4.78, 5) is 27.8. The first-order chi connectivity index (χ1) is 14.5. The van der Waals surface area contributed by atoms with E-state index in [4.69, 9.17) is 14.2 Å². The number of methoxy groups -OCH3 is 2. The maximum Gasteiger partial charge on any atom is 0.308 e. The van der Waals surface area contributed by atoms with Gasteiger partial charge in [-0.15, -0.1) is 11.3 Å². The SMILES string of the molecule is COc1cc(/C=N/NC(=O)CSc2nc3ccccc3s2)cc(OC)c1OC(C)=O. The molecule has 10 heteroatoms. The first-order valence-corrected chi connectivity index (χ1v) is 10.5. The lowest BCUT2D eigenvalue weighted by Gasteiger charge is -2.13. The Balaban J connectivity index is 1.61. The summed E-state index contributed by atoms with van der Waals surface area (Å²) in [7, 11) is 2.90. The van der Waals surface area contributed by atoms with Gasteiger partial charge in [-0.1, -0.05) is 23.9 Å². The van der Waals surface area contributed by atoms with E-state index < -0.39 is 5.97 Å². The predicted molar refractivity (Wildman–Crippen MR) is 117 cm³/mol. The van der Waals surface area contributed by atoms with Gasteiger partial charge in [0.2, 0.25) is 5.75 Å². The lowest BCUT2D eigenvalue weighted by atomic mass is 10.2. The Morgan fingerprint density at radius 1 is 1.20 bits per heavy atom. The number of ether oxygens (including phenoxy) is 3. The second-order valence-corrected chi connectivity index (χ2v) is 8.13. The van der Waals surface area contributed by atoms with Gasteiger partial charge in [-0.05, 0) is 24.3 Å². The molecule has 1 N–H and O–H groups in total. The minimum atomic E-state index is -0.495. The molecule has 0 unspecified atom stereocenters. The number of nitrogens with zero attached hydrogens (tertiary/aromatic N) is 2. The number of nitrogens with one attached hydrogen (secondary N) is 1. The highest BCUT2D eigenvalue weighted by Crippen LogP contribution is 2.38. The highest BCUT2D eigenvalue weighted by molar-refractivity contribution is 8.01. The van der Waals surface area contributed by atoms with Gasteiger partial charge in [0.05, 0.1) is 36.4 Å². The summed E-state index contributed by atoms with van der Waals surface area (Å²) >= 11 is 2.90. The summed E-state index contributed by atoms with van der Waals surface area (Å²) in [5, 5.41) is 3.96. The van der Waals surface area contributed by atoms with Crippen LogP contribution in [0.5, 0.6) is 17.2 Å². The molecule has 0 aliphatic rings. The van der Waals surface area contributed by atoms with E-state index in [1.807, 2.05) is 24.3 Å². The van der Waals surface area contributed by atoms with E-state index in [-0.39, 0.29) is 17.4 Å². The van der Waals surface area contributed by atoms with E-state index >= 15 is 0 Å². The number of benzene rings is 2. The summed E-state index contributed by atoms with van der Waals surface area (Å²) in [5.74, 6) is 0.236. The molecule has 0 aliphatic carbocycles. The number of rotatable bonds is 8. The van der Waals surface area contributed by atoms with E-state index in [2.05, 4.69) is 15.5 Å². The number of hydrogen-bond acceptors (Lipinski definition) is 9. The predicted octanol–water partition coefficient (Wildman–Crippen LogP) is 3.48. The first kappa shape index (κ1) is 21.6. The molecule has 30 heavy (non-hydrogen) atoms. The molecule has 156 valence electrons. The zero-order valence-electron chi connectivity index (χ0n) is 16.5. The van der Waals surface area contributed by atoms with Crippen LogP contribution < -0.4 is 19.6 Å². The molecule has 1 heterocycles. The first-order valence-electron chi connectivity index (χ1n) is 8.75. The molecule has 0 saturated heterocycles. The Morgan fingerprint density at radius 3 is 2.53 bits per heavy atom. The van der Waals surface area contributed by atoms with Gasteiger partial charge in [0, 0.05) is 12.5 Å². The number of thiazole rings is 1. The van der Waals surface area contributed by atoms with Crippen LogP contribution in [0.4, 0.5) is 0 Å². The minimum absolute atomic E-state index is 0.181. The van der Waals surface area contributed by atoms with Crippen molar-refractivity contribution in [3.05, 3.63) is 42.0 Å². The fourth-order valence-electron chi connectivity index (χ4n) is 2.47. The molecule has 0 bridgehead atoms. The maximum atomic E-state index is 12.1. The minimum Gasteiger partial charge on any atom is -0.493 e. The second kappa shape index (κ2) is 10.1. The third-order valence-corrected chi connectivity index (χ3v) is 5.91. The summed E-state index contributed by atoms with van der Waals surface area (Å²) in [6, 6.07) is 11.1. The number of hydrogen-bond donors (Lipinski definition) is 1. The van der Waals surface area contributed by atoms with Crippen molar-refractivity contribution in [2.45, 2.75) is 11.3 Å². The lowest BCUT2D eigenvalue weighted by molar-refractivity contribution is -0.132. The summed E-state index contributed by atoms with van der Waals surface area (Å²) in [6.07, 6.45) is 1.45. The smallest absolute Gasteiger partial charge is 0.308 e. The normalized spacial score (nSPS) is 10.9. The molecule has 0 fully saturated rings. The monoisotopic (exact) mass is 445 g/mol. The van der Waals surface area contributed by atoms with E-state index in [1.165, 1.54) is 39.1 Å². The van der Waals surface area contributed by atoms with Gasteiger partial charge in [-0.25, -0.2) is 10.4 Å². The molecule has 1 amide bonds. The van der Waals surface area contributed by atoms with Gasteiger partial charge in [-0.2, -0.15) is 5.10 Å². The fourth-order valence-corrected chi connectivity index (χ4v) is 4.33.